The zero-order chi connectivity index (χ0) is 16.9. The summed E-state index contributed by atoms with van der Waals surface area (Å²) >= 11 is 0. The highest BCUT2D eigenvalue weighted by Gasteiger charge is 2.61. The van der Waals surface area contributed by atoms with E-state index in [1.807, 2.05) is 12.1 Å². The van der Waals surface area contributed by atoms with Crippen LogP contribution in [0.2, 0.25) is 0 Å². The summed E-state index contributed by atoms with van der Waals surface area (Å²) in [6.07, 6.45) is 2.93. The van der Waals surface area contributed by atoms with Crippen molar-refractivity contribution in [3.05, 3.63) is 59.7 Å². The summed E-state index contributed by atoms with van der Waals surface area (Å²) in [7, 11) is -3.72. The summed E-state index contributed by atoms with van der Waals surface area (Å²) in [5.74, 6) is -0.0193. The lowest BCUT2D eigenvalue weighted by atomic mass is 9.95. The van der Waals surface area contributed by atoms with Gasteiger partial charge >= 0.3 is 0 Å². The van der Waals surface area contributed by atoms with E-state index in [2.05, 4.69) is 17.4 Å². The molecule has 1 spiro atoms. The van der Waals surface area contributed by atoms with Crippen molar-refractivity contribution in [3.63, 3.8) is 0 Å². The number of carbonyl (C=O) groups is 1. The predicted molar refractivity (Wildman–Crippen MR) is 91.0 cm³/mol. The largest absolute Gasteiger partial charge is 0.326 e. The van der Waals surface area contributed by atoms with Gasteiger partial charge in [0.2, 0.25) is 15.9 Å². The lowest BCUT2D eigenvalue weighted by molar-refractivity contribution is -0.117. The second kappa shape index (κ2) is 5.16. The molecule has 1 fully saturated rings. The average molecular weight is 342 g/mol. The van der Waals surface area contributed by atoms with E-state index in [1.165, 1.54) is 23.3 Å². The maximum Gasteiger partial charge on any atom is 0.238 e. The third-order valence-electron chi connectivity index (χ3n) is 5.24. The normalized spacial score (nSPS) is 24.6. The monoisotopic (exact) mass is 342 g/mol. The van der Waals surface area contributed by atoms with Crippen LogP contribution in [0.5, 0.6) is 0 Å². The number of fused-ring (bicyclic) bond motifs is 2. The summed E-state index contributed by atoms with van der Waals surface area (Å²) in [6, 6.07) is 14.3. The Labute approximate surface area is 140 Å². The van der Waals surface area contributed by atoms with Gasteiger partial charge < -0.3 is 5.32 Å². The minimum absolute atomic E-state index is 0.00121. The Hall–Kier alpha value is -2.18. The molecule has 2 unspecified atom stereocenters. The molecule has 1 saturated carbocycles. The van der Waals surface area contributed by atoms with Gasteiger partial charge in [0, 0.05) is 17.0 Å². The van der Waals surface area contributed by atoms with Gasteiger partial charge in [-0.3, -0.25) is 4.79 Å². The fourth-order valence-corrected chi connectivity index (χ4v) is 4.41. The molecule has 4 rings (SSSR count). The van der Waals surface area contributed by atoms with Crippen LogP contribution >= 0.6 is 0 Å². The third kappa shape index (κ3) is 2.42. The molecule has 2 atom stereocenters. The predicted octanol–water partition coefficient (Wildman–Crippen LogP) is 2.18. The number of sulfonamides is 1. The molecule has 24 heavy (non-hydrogen) atoms. The number of nitrogens with two attached hydrogens (primary N) is 1. The number of hydrogen-bond donors (Lipinski definition) is 2. The molecule has 1 amide bonds. The molecule has 5 nitrogen and oxygen atoms in total. The number of anilines is 1. The zero-order valence-corrected chi connectivity index (χ0v) is 13.8. The first-order valence-electron chi connectivity index (χ1n) is 7.92. The van der Waals surface area contributed by atoms with Crippen LogP contribution in [-0.4, -0.2) is 14.3 Å². The Morgan fingerprint density at radius 3 is 2.54 bits per heavy atom. The van der Waals surface area contributed by atoms with Crippen molar-refractivity contribution in [3.8, 4) is 0 Å². The van der Waals surface area contributed by atoms with Crippen LogP contribution in [0.25, 0.3) is 0 Å². The van der Waals surface area contributed by atoms with Gasteiger partial charge in [0.15, 0.2) is 0 Å². The van der Waals surface area contributed by atoms with E-state index in [9.17, 15) is 13.2 Å². The van der Waals surface area contributed by atoms with Crippen molar-refractivity contribution in [1.82, 2.24) is 0 Å². The van der Waals surface area contributed by atoms with Crippen molar-refractivity contribution in [1.29, 1.82) is 0 Å². The number of nitrogens with one attached hydrogen (secondary N) is 1. The number of amides is 1. The molecule has 0 bridgehead atoms. The molecule has 6 heteroatoms. The fraction of sp³-hybridized carbons (Fsp3) is 0.278. The van der Waals surface area contributed by atoms with E-state index in [4.69, 9.17) is 5.14 Å². The molecule has 0 heterocycles. The number of aryl methyl sites for hydroxylation is 1. The molecule has 2 aromatic carbocycles. The zero-order valence-electron chi connectivity index (χ0n) is 13.0. The average Bonchev–Trinajstić information content (AvgIpc) is 3.17. The minimum atomic E-state index is -3.72. The first-order chi connectivity index (χ1) is 11.4. The van der Waals surface area contributed by atoms with E-state index < -0.39 is 10.0 Å². The van der Waals surface area contributed by atoms with Crippen LogP contribution in [0.1, 0.15) is 24.0 Å². The Morgan fingerprint density at radius 1 is 1.12 bits per heavy atom. The van der Waals surface area contributed by atoms with Crippen molar-refractivity contribution in [2.24, 2.45) is 11.1 Å². The van der Waals surface area contributed by atoms with Gasteiger partial charge in [0.05, 0.1) is 4.90 Å². The van der Waals surface area contributed by atoms with Gasteiger partial charge in [-0.05, 0) is 54.7 Å². The standard InChI is InChI=1S/C18H18N2O3S/c19-24(22,23)14-7-5-13(6-8-14)20-17(21)16-11-18(16)10-9-12-3-1-2-4-15(12)18/h1-8,16H,9-11H2,(H,20,21)(H2,19,22,23). The molecule has 0 radical (unpaired) electrons. The molecule has 2 aromatic rings. The van der Waals surface area contributed by atoms with Gasteiger partial charge in [-0.25, -0.2) is 13.6 Å². The number of hydrogen-bond acceptors (Lipinski definition) is 3. The molecule has 0 aromatic heterocycles. The molecule has 2 aliphatic carbocycles. The molecule has 0 aliphatic heterocycles. The Morgan fingerprint density at radius 2 is 1.83 bits per heavy atom. The van der Waals surface area contributed by atoms with Gasteiger partial charge in [-0.15, -0.1) is 0 Å². The topological polar surface area (TPSA) is 89.3 Å². The first kappa shape index (κ1) is 15.4. The van der Waals surface area contributed by atoms with E-state index >= 15 is 0 Å². The minimum Gasteiger partial charge on any atom is -0.326 e. The second-order valence-corrected chi connectivity index (χ2v) is 8.19. The summed E-state index contributed by atoms with van der Waals surface area (Å²) in [4.78, 5) is 12.6. The maximum atomic E-state index is 12.6. The van der Waals surface area contributed by atoms with E-state index in [1.54, 1.807) is 12.1 Å². The molecule has 2 aliphatic rings. The fourth-order valence-electron chi connectivity index (χ4n) is 3.90. The van der Waals surface area contributed by atoms with Crippen LogP contribution in [0, 0.1) is 5.92 Å². The van der Waals surface area contributed by atoms with E-state index in [0.29, 0.717) is 5.69 Å². The summed E-state index contributed by atoms with van der Waals surface area (Å²) in [6.45, 7) is 0. The number of primary sulfonamides is 1. The highest BCUT2D eigenvalue weighted by atomic mass is 32.2. The van der Waals surface area contributed by atoms with Gasteiger partial charge in [0.1, 0.15) is 0 Å². The van der Waals surface area contributed by atoms with Crippen molar-refractivity contribution < 1.29 is 13.2 Å². The number of carbonyl (C=O) groups excluding carboxylic acids is 1. The Kier molecular flexibility index (Phi) is 3.30. The van der Waals surface area contributed by atoms with Crippen molar-refractivity contribution >= 4 is 21.6 Å². The maximum absolute atomic E-state index is 12.6. The Balaban J connectivity index is 1.49. The van der Waals surface area contributed by atoms with Crippen LogP contribution in [0.15, 0.2) is 53.4 Å². The second-order valence-electron chi connectivity index (χ2n) is 6.63. The van der Waals surface area contributed by atoms with Crippen LogP contribution in [0.4, 0.5) is 5.69 Å². The van der Waals surface area contributed by atoms with Crippen molar-refractivity contribution in [2.45, 2.75) is 29.6 Å². The molecule has 124 valence electrons. The van der Waals surface area contributed by atoms with Crippen LogP contribution < -0.4 is 10.5 Å². The Bertz CT molecular complexity index is 922. The van der Waals surface area contributed by atoms with E-state index in [0.717, 1.165) is 19.3 Å². The van der Waals surface area contributed by atoms with Gasteiger partial charge in [-0.2, -0.15) is 0 Å². The number of benzene rings is 2. The third-order valence-corrected chi connectivity index (χ3v) is 6.17. The lowest BCUT2D eigenvalue weighted by Crippen LogP contribution is -2.20. The van der Waals surface area contributed by atoms with Crippen LogP contribution in [-0.2, 0) is 26.7 Å². The quantitative estimate of drug-likeness (QED) is 0.896. The SMILES string of the molecule is NS(=O)(=O)c1ccc(NC(=O)C2CC23CCc2ccccc23)cc1. The number of rotatable bonds is 3. The van der Waals surface area contributed by atoms with Crippen molar-refractivity contribution in [2.75, 3.05) is 5.32 Å². The first-order valence-corrected chi connectivity index (χ1v) is 9.47. The smallest absolute Gasteiger partial charge is 0.238 e. The highest BCUT2D eigenvalue weighted by molar-refractivity contribution is 7.89. The van der Waals surface area contributed by atoms with E-state index in [-0.39, 0.29) is 22.1 Å². The molecule has 0 saturated heterocycles. The molecular weight excluding hydrogens is 324 g/mol. The molecular formula is C18H18N2O3S. The lowest BCUT2D eigenvalue weighted by Gasteiger charge is -2.12. The summed E-state index contributed by atoms with van der Waals surface area (Å²) in [5.41, 5.74) is 3.25. The highest BCUT2D eigenvalue weighted by Crippen LogP contribution is 2.61. The van der Waals surface area contributed by atoms with Gasteiger partial charge in [-0.1, -0.05) is 24.3 Å². The summed E-state index contributed by atoms with van der Waals surface area (Å²) in [5, 5.41) is 7.96. The summed E-state index contributed by atoms with van der Waals surface area (Å²) < 4.78 is 22.5. The molecule has 3 N–H and O–H groups in total. The van der Waals surface area contributed by atoms with Gasteiger partial charge in [0.25, 0.3) is 0 Å². The van der Waals surface area contributed by atoms with Crippen LogP contribution in [0.3, 0.4) is 0 Å².